The van der Waals surface area contributed by atoms with E-state index < -0.39 is 5.60 Å². The molecule has 3 N–H and O–H groups in total. The highest BCUT2D eigenvalue weighted by atomic mass is 16.3. The number of aliphatic imine (C=N–C) groups is 1. The zero-order valence-electron chi connectivity index (χ0n) is 10.6. The fourth-order valence-electron chi connectivity index (χ4n) is 1.46. The minimum Gasteiger partial charge on any atom is -0.404 e. The average Bonchev–Trinajstić information content (AvgIpc) is 2.90. The highest BCUT2D eigenvalue weighted by Crippen LogP contribution is 2.42. The Kier molecular flexibility index (Phi) is 3.58. The summed E-state index contributed by atoms with van der Waals surface area (Å²) in [6, 6.07) is 0. The zero-order chi connectivity index (χ0) is 12.4. The van der Waals surface area contributed by atoms with Crippen molar-refractivity contribution in [3.63, 3.8) is 0 Å². The minimum atomic E-state index is -0.678. The third kappa shape index (κ3) is 2.95. The molecule has 3 nitrogen and oxygen atoms in total. The van der Waals surface area contributed by atoms with E-state index in [0.29, 0.717) is 0 Å². The van der Waals surface area contributed by atoms with Crippen molar-refractivity contribution in [2.24, 2.45) is 16.1 Å². The third-order valence-corrected chi connectivity index (χ3v) is 2.86. The van der Waals surface area contributed by atoms with Gasteiger partial charge in [0.2, 0.25) is 0 Å². The van der Waals surface area contributed by atoms with E-state index in [2.05, 4.69) is 25.8 Å². The summed E-state index contributed by atoms with van der Waals surface area (Å²) in [6.07, 6.45) is 6.81. The third-order valence-electron chi connectivity index (χ3n) is 2.86. The molecular formula is C13H22N2O. The first-order valence-electron chi connectivity index (χ1n) is 5.69. The maximum absolute atomic E-state index is 9.94. The fourth-order valence-corrected chi connectivity index (χ4v) is 1.46. The van der Waals surface area contributed by atoms with Gasteiger partial charge >= 0.3 is 0 Å². The maximum Gasteiger partial charge on any atom is 0.106 e. The van der Waals surface area contributed by atoms with E-state index in [1.807, 2.05) is 13.0 Å². The van der Waals surface area contributed by atoms with Gasteiger partial charge in [-0.15, -0.1) is 0 Å². The van der Waals surface area contributed by atoms with Gasteiger partial charge in [-0.3, -0.25) is 4.99 Å². The Morgan fingerprint density at radius 3 is 2.25 bits per heavy atom. The van der Waals surface area contributed by atoms with E-state index in [-0.39, 0.29) is 5.41 Å². The Labute approximate surface area is 97.8 Å². The van der Waals surface area contributed by atoms with Gasteiger partial charge in [-0.05, 0) is 37.0 Å². The van der Waals surface area contributed by atoms with E-state index in [9.17, 15) is 5.11 Å². The van der Waals surface area contributed by atoms with Crippen LogP contribution in [0.3, 0.4) is 0 Å². The van der Waals surface area contributed by atoms with E-state index in [1.165, 1.54) is 0 Å². The monoisotopic (exact) mass is 222 g/mol. The van der Waals surface area contributed by atoms with Gasteiger partial charge in [0.1, 0.15) is 5.60 Å². The Bertz CT molecular complexity index is 318. The number of nitrogens with zero attached hydrogens (tertiary/aromatic N) is 1. The molecule has 1 fully saturated rings. The van der Waals surface area contributed by atoms with Crippen molar-refractivity contribution in [3.05, 3.63) is 23.5 Å². The molecule has 1 saturated carbocycles. The van der Waals surface area contributed by atoms with Crippen LogP contribution in [0.15, 0.2) is 28.5 Å². The van der Waals surface area contributed by atoms with Crippen molar-refractivity contribution < 1.29 is 5.11 Å². The van der Waals surface area contributed by atoms with E-state index >= 15 is 0 Å². The molecule has 1 aliphatic carbocycles. The first kappa shape index (κ1) is 13.0. The van der Waals surface area contributed by atoms with Gasteiger partial charge < -0.3 is 10.8 Å². The molecule has 1 rings (SSSR count). The molecule has 0 unspecified atom stereocenters. The van der Waals surface area contributed by atoms with Crippen LogP contribution >= 0.6 is 0 Å². The highest BCUT2D eigenvalue weighted by molar-refractivity contribution is 5.81. The van der Waals surface area contributed by atoms with E-state index in [0.717, 1.165) is 24.1 Å². The number of aliphatic hydroxyl groups is 1. The summed E-state index contributed by atoms with van der Waals surface area (Å²) in [5.41, 5.74) is 6.59. The molecule has 0 aliphatic heterocycles. The molecule has 0 bridgehead atoms. The Hall–Kier alpha value is -1.09. The molecule has 0 aromatic heterocycles. The van der Waals surface area contributed by atoms with Crippen molar-refractivity contribution >= 4 is 6.21 Å². The minimum absolute atomic E-state index is 0.0245. The van der Waals surface area contributed by atoms with Crippen molar-refractivity contribution in [3.8, 4) is 0 Å². The molecular weight excluding hydrogens is 200 g/mol. The standard InChI is InChI=1S/C13H22N2O/c1-5-11(13(16)6-7-13)15-9-10(8-14)12(2,3)4/h5,8-9,16H,6-7,14H2,1-4H3/b10-8+,11-5-,15-9-. The van der Waals surface area contributed by atoms with Crippen molar-refractivity contribution in [1.82, 2.24) is 0 Å². The molecule has 16 heavy (non-hydrogen) atoms. The van der Waals surface area contributed by atoms with Gasteiger partial charge in [-0.1, -0.05) is 26.8 Å². The lowest BCUT2D eigenvalue weighted by molar-refractivity contribution is 0.187. The van der Waals surface area contributed by atoms with Crippen LogP contribution in [0.2, 0.25) is 0 Å². The summed E-state index contributed by atoms with van der Waals surface area (Å²) in [6.45, 7) is 8.14. The summed E-state index contributed by atoms with van der Waals surface area (Å²) < 4.78 is 0. The number of nitrogens with two attached hydrogens (primary N) is 1. The van der Waals surface area contributed by atoms with Gasteiger partial charge in [0, 0.05) is 6.21 Å². The molecule has 0 atom stereocenters. The molecule has 0 heterocycles. The largest absolute Gasteiger partial charge is 0.404 e. The second kappa shape index (κ2) is 4.42. The van der Waals surface area contributed by atoms with Gasteiger partial charge in [-0.25, -0.2) is 0 Å². The first-order chi connectivity index (χ1) is 7.33. The maximum atomic E-state index is 9.94. The van der Waals surface area contributed by atoms with Crippen LogP contribution in [-0.2, 0) is 0 Å². The summed E-state index contributed by atoms with van der Waals surface area (Å²) >= 11 is 0. The van der Waals surface area contributed by atoms with Crippen molar-refractivity contribution in [2.45, 2.75) is 46.1 Å². The van der Waals surface area contributed by atoms with Gasteiger partial charge in [-0.2, -0.15) is 0 Å². The van der Waals surface area contributed by atoms with Crippen molar-refractivity contribution in [2.75, 3.05) is 0 Å². The SMILES string of the molecule is C\C=C(/N=C\C(=C/N)C(C)(C)C)C1(O)CC1. The number of hydrogen-bond donors (Lipinski definition) is 2. The average molecular weight is 222 g/mol. The van der Waals surface area contributed by atoms with Crippen LogP contribution < -0.4 is 5.73 Å². The van der Waals surface area contributed by atoms with Crippen LogP contribution in [0.4, 0.5) is 0 Å². The second-order valence-electron chi connectivity index (χ2n) is 5.34. The topological polar surface area (TPSA) is 58.6 Å². The molecule has 0 radical (unpaired) electrons. The van der Waals surface area contributed by atoms with Crippen LogP contribution in [0.5, 0.6) is 0 Å². The summed E-state index contributed by atoms with van der Waals surface area (Å²) in [4.78, 5) is 4.35. The lowest BCUT2D eigenvalue weighted by atomic mass is 9.88. The molecule has 1 aliphatic rings. The molecule has 0 aromatic rings. The molecule has 90 valence electrons. The van der Waals surface area contributed by atoms with Gasteiger partial charge in [0.05, 0.1) is 5.70 Å². The Balaban J connectivity index is 2.80. The number of allylic oxidation sites excluding steroid dienone is 2. The fraction of sp³-hybridized carbons (Fsp3) is 0.615. The van der Waals surface area contributed by atoms with E-state index in [1.54, 1.807) is 12.4 Å². The summed E-state index contributed by atoms with van der Waals surface area (Å²) in [5, 5.41) is 9.94. The molecule has 0 amide bonds. The van der Waals surface area contributed by atoms with Crippen LogP contribution in [0.1, 0.15) is 40.5 Å². The highest BCUT2D eigenvalue weighted by Gasteiger charge is 2.43. The lowest BCUT2D eigenvalue weighted by Gasteiger charge is -2.19. The molecule has 3 heteroatoms. The van der Waals surface area contributed by atoms with Crippen LogP contribution in [-0.4, -0.2) is 16.9 Å². The molecule has 0 spiro atoms. The summed E-state index contributed by atoms with van der Waals surface area (Å²) in [5.74, 6) is 0. The normalized spacial score (nSPS) is 21.6. The van der Waals surface area contributed by atoms with Gasteiger partial charge in [0.25, 0.3) is 0 Å². The second-order valence-corrected chi connectivity index (χ2v) is 5.34. The number of rotatable bonds is 3. The van der Waals surface area contributed by atoms with Crippen LogP contribution in [0.25, 0.3) is 0 Å². The predicted molar refractivity (Wildman–Crippen MR) is 68.2 cm³/mol. The Morgan fingerprint density at radius 1 is 1.38 bits per heavy atom. The first-order valence-corrected chi connectivity index (χ1v) is 5.69. The lowest BCUT2D eigenvalue weighted by Crippen LogP contribution is -2.14. The quantitative estimate of drug-likeness (QED) is 0.720. The molecule has 0 saturated heterocycles. The zero-order valence-corrected chi connectivity index (χ0v) is 10.6. The van der Waals surface area contributed by atoms with Crippen LogP contribution in [0, 0.1) is 5.41 Å². The van der Waals surface area contributed by atoms with E-state index in [4.69, 9.17) is 5.73 Å². The van der Waals surface area contributed by atoms with Gasteiger partial charge in [0.15, 0.2) is 0 Å². The van der Waals surface area contributed by atoms with Crippen molar-refractivity contribution in [1.29, 1.82) is 0 Å². The summed E-state index contributed by atoms with van der Waals surface area (Å²) in [7, 11) is 0. The molecule has 0 aromatic carbocycles. The smallest absolute Gasteiger partial charge is 0.106 e. The Morgan fingerprint density at radius 2 is 1.94 bits per heavy atom. The number of hydrogen-bond acceptors (Lipinski definition) is 3. The predicted octanol–water partition coefficient (Wildman–Crippen LogP) is 2.37.